The van der Waals surface area contributed by atoms with Gasteiger partial charge < -0.3 is 8.98 Å². The highest BCUT2D eigenvalue weighted by Gasteiger charge is 2.24. The molecule has 3 heterocycles. The third kappa shape index (κ3) is 5.90. The van der Waals surface area contributed by atoms with Gasteiger partial charge in [-0.05, 0) is 68.7 Å². The molecule has 0 fully saturated rings. The van der Waals surface area contributed by atoms with Crippen molar-refractivity contribution in [1.82, 2.24) is 19.5 Å². The van der Waals surface area contributed by atoms with E-state index in [-0.39, 0.29) is 0 Å². The van der Waals surface area contributed by atoms with Gasteiger partial charge in [0.1, 0.15) is 11.2 Å². The van der Waals surface area contributed by atoms with E-state index in [1.54, 1.807) is 0 Å². The van der Waals surface area contributed by atoms with Gasteiger partial charge in [0.25, 0.3) is 0 Å². The predicted octanol–water partition coefficient (Wildman–Crippen LogP) is 15.5. The number of rotatable bonds is 6. The summed E-state index contributed by atoms with van der Waals surface area (Å²) in [6.07, 6.45) is 0. The molecule has 0 aliphatic heterocycles. The quantitative estimate of drug-likeness (QED) is 0.168. The first kappa shape index (κ1) is 36.0. The van der Waals surface area contributed by atoms with E-state index in [0.717, 1.165) is 93.8 Å². The molecule has 0 saturated heterocycles. The van der Waals surface area contributed by atoms with Crippen LogP contribution in [0.15, 0.2) is 223 Å². The predicted molar refractivity (Wildman–Crippen MR) is 264 cm³/mol. The Labute approximate surface area is 368 Å². The minimum atomic E-state index is 0.565. The third-order valence-corrected chi connectivity index (χ3v) is 12.6. The van der Waals surface area contributed by atoms with E-state index < -0.39 is 0 Å². The highest BCUT2D eigenvalue weighted by molar-refractivity contribution is 6.21. The van der Waals surface area contributed by atoms with E-state index >= 15 is 0 Å². The van der Waals surface area contributed by atoms with Crippen LogP contribution in [0.5, 0.6) is 0 Å². The first-order chi connectivity index (χ1) is 31.7. The highest BCUT2D eigenvalue weighted by atomic mass is 16.3. The van der Waals surface area contributed by atoms with Gasteiger partial charge in [-0.3, -0.25) is 0 Å². The second kappa shape index (κ2) is 14.5. The van der Waals surface area contributed by atoms with Gasteiger partial charge in [0.15, 0.2) is 17.5 Å². The highest BCUT2D eigenvalue weighted by Crippen LogP contribution is 2.43. The van der Waals surface area contributed by atoms with Gasteiger partial charge in [-0.15, -0.1) is 0 Å². The maximum atomic E-state index is 6.69. The molecule has 64 heavy (non-hydrogen) atoms. The van der Waals surface area contributed by atoms with Crippen molar-refractivity contribution in [1.29, 1.82) is 0 Å². The maximum absolute atomic E-state index is 6.69. The summed E-state index contributed by atoms with van der Waals surface area (Å²) >= 11 is 0. The van der Waals surface area contributed by atoms with Crippen LogP contribution < -0.4 is 0 Å². The zero-order valence-corrected chi connectivity index (χ0v) is 34.5. The standard InChI is InChI=1S/C59H36N4O/c1-3-14-37(15-4-1)39-26-28-41(29-27-39)57-60-58(45-22-13-21-42(32-45)38-16-5-2-6-17-38)62-59(61-57)51-35-50-47-24-11-12-25-54(47)64-55(50)36-53(51)63-52-34-44-20-8-7-19-43(44)33-49(52)48-31-30-40-18-9-10-23-46(40)56(48)63/h1-36H. The molecule has 0 radical (unpaired) electrons. The van der Waals surface area contributed by atoms with Crippen LogP contribution >= 0.6 is 0 Å². The lowest BCUT2D eigenvalue weighted by Gasteiger charge is -2.16. The molecule has 13 aromatic rings. The fourth-order valence-electron chi connectivity index (χ4n) is 9.50. The molecule has 0 bridgehead atoms. The van der Waals surface area contributed by atoms with Crippen LogP contribution in [-0.2, 0) is 0 Å². The van der Waals surface area contributed by atoms with E-state index in [4.69, 9.17) is 19.4 Å². The van der Waals surface area contributed by atoms with E-state index in [0.29, 0.717) is 17.5 Å². The maximum Gasteiger partial charge on any atom is 0.166 e. The summed E-state index contributed by atoms with van der Waals surface area (Å²) in [5.74, 6) is 1.74. The number of benzene rings is 10. The Bertz CT molecular complexity index is 3940. The minimum absolute atomic E-state index is 0.565. The van der Waals surface area contributed by atoms with Crippen molar-refractivity contribution < 1.29 is 4.42 Å². The average molecular weight is 817 g/mol. The van der Waals surface area contributed by atoms with Crippen LogP contribution in [0.4, 0.5) is 0 Å². The first-order valence-corrected chi connectivity index (χ1v) is 21.6. The monoisotopic (exact) mass is 816 g/mol. The number of para-hydroxylation sites is 1. The lowest BCUT2D eigenvalue weighted by atomic mass is 10.0. The van der Waals surface area contributed by atoms with Gasteiger partial charge in [0, 0.05) is 49.7 Å². The van der Waals surface area contributed by atoms with Crippen LogP contribution in [0.2, 0.25) is 0 Å². The van der Waals surface area contributed by atoms with Crippen molar-refractivity contribution in [2.24, 2.45) is 0 Å². The number of furan rings is 1. The summed E-state index contributed by atoms with van der Waals surface area (Å²) in [6, 6.07) is 76.9. The molecule has 3 aromatic heterocycles. The largest absolute Gasteiger partial charge is 0.456 e. The Balaban J connectivity index is 1.13. The normalized spacial score (nSPS) is 11.8. The number of aromatic nitrogens is 4. The molecule has 0 aliphatic rings. The SMILES string of the molecule is c1ccc(-c2ccc(-c3nc(-c4cccc(-c5ccccc5)c4)nc(-c4cc5c(cc4-n4c6cc7ccccc7cc6c6ccc7ccccc7c64)oc4ccccc45)n3)cc2)cc1. The summed E-state index contributed by atoms with van der Waals surface area (Å²) in [5.41, 5.74) is 11.9. The number of nitrogens with zero attached hydrogens (tertiary/aromatic N) is 4. The topological polar surface area (TPSA) is 56.7 Å². The lowest BCUT2D eigenvalue weighted by molar-refractivity contribution is 0.668. The summed E-state index contributed by atoms with van der Waals surface area (Å²) in [4.78, 5) is 16.1. The van der Waals surface area contributed by atoms with Gasteiger partial charge in [-0.2, -0.15) is 0 Å². The lowest BCUT2D eigenvalue weighted by Crippen LogP contribution is -2.04. The Morgan fingerprint density at radius 2 is 0.891 bits per heavy atom. The molecule has 5 heteroatoms. The van der Waals surface area contributed by atoms with E-state index in [1.807, 2.05) is 24.3 Å². The fourth-order valence-corrected chi connectivity index (χ4v) is 9.50. The Hall–Kier alpha value is -8.67. The Morgan fingerprint density at radius 3 is 1.67 bits per heavy atom. The van der Waals surface area contributed by atoms with Crippen LogP contribution in [0.1, 0.15) is 0 Å². The molecule has 0 spiro atoms. The molecule has 0 saturated carbocycles. The van der Waals surface area contributed by atoms with Gasteiger partial charge >= 0.3 is 0 Å². The summed E-state index contributed by atoms with van der Waals surface area (Å²) in [7, 11) is 0. The van der Waals surface area contributed by atoms with Crippen molar-refractivity contribution in [3.8, 4) is 62.1 Å². The summed E-state index contributed by atoms with van der Waals surface area (Å²) < 4.78 is 9.10. The molecule has 0 unspecified atom stereocenters. The van der Waals surface area contributed by atoms with Gasteiger partial charge in [-0.1, -0.05) is 182 Å². The average Bonchev–Trinajstić information content (AvgIpc) is 3.90. The molecule has 5 nitrogen and oxygen atoms in total. The number of hydrogen-bond acceptors (Lipinski definition) is 4. The van der Waals surface area contributed by atoms with Crippen LogP contribution in [0.3, 0.4) is 0 Å². The van der Waals surface area contributed by atoms with E-state index in [1.165, 1.54) is 16.2 Å². The van der Waals surface area contributed by atoms with Crippen molar-refractivity contribution in [2.75, 3.05) is 0 Å². The van der Waals surface area contributed by atoms with E-state index in [2.05, 4.69) is 199 Å². The summed E-state index contributed by atoms with van der Waals surface area (Å²) in [6.45, 7) is 0. The fraction of sp³-hybridized carbons (Fsp3) is 0. The first-order valence-electron chi connectivity index (χ1n) is 21.6. The molecule has 298 valence electrons. The van der Waals surface area contributed by atoms with Gasteiger partial charge in [-0.25, -0.2) is 15.0 Å². The van der Waals surface area contributed by atoms with Gasteiger partial charge in [0.05, 0.1) is 16.7 Å². The van der Waals surface area contributed by atoms with Crippen molar-refractivity contribution in [3.05, 3.63) is 218 Å². The second-order valence-electron chi connectivity index (χ2n) is 16.4. The van der Waals surface area contributed by atoms with Crippen LogP contribution in [-0.4, -0.2) is 19.5 Å². The molecule has 10 aromatic carbocycles. The zero-order chi connectivity index (χ0) is 42.1. The van der Waals surface area contributed by atoms with Crippen molar-refractivity contribution in [3.63, 3.8) is 0 Å². The molecule has 0 N–H and O–H groups in total. The molecular formula is C59H36N4O. The third-order valence-electron chi connectivity index (χ3n) is 12.6. The summed E-state index contributed by atoms with van der Waals surface area (Å²) in [5, 5.41) is 9.04. The van der Waals surface area contributed by atoms with Crippen LogP contribution in [0, 0.1) is 0 Å². The number of fused-ring (bicyclic) bond motifs is 9. The molecular weight excluding hydrogens is 781 g/mol. The van der Waals surface area contributed by atoms with Gasteiger partial charge in [0.2, 0.25) is 0 Å². The molecule has 0 aliphatic carbocycles. The second-order valence-corrected chi connectivity index (χ2v) is 16.4. The molecule has 0 atom stereocenters. The van der Waals surface area contributed by atoms with Crippen molar-refractivity contribution in [2.45, 2.75) is 0 Å². The zero-order valence-electron chi connectivity index (χ0n) is 34.5. The van der Waals surface area contributed by atoms with E-state index in [9.17, 15) is 0 Å². The smallest absolute Gasteiger partial charge is 0.166 e. The minimum Gasteiger partial charge on any atom is -0.456 e. The number of hydrogen-bond donors (Lipinski definition) is 0. The Morgan fingerprint density at radius 1 is 0.312 bits per heavy atom. The molecule has 0 amide bonds. The van der Waals surface area contributed by atoms with Crippen LogP contribution in [0.25, 0.3) is 127 Å². The molecule has 13 rings (SSSR count). The van der Waals surface area contributed by atoms with Crippen molar-refractivity contribution >= 4 is 65.3 Å². The Kier molecular flexibility index (Phi) is 8.15.